The van der Waals surface area contributed by atoms with Crippen LogP contribution in [0.1, 0.15) is 33.1 Å². The Bertz CT molecular complexity index is 128. The summed E-state index contributed by atoms with van der Waals surface area (Å²) < 4.78 is 0. The van der Waals surface area contributed by atoms with Gasteiger partial charge in [0.1, 0.15) is 0 Å². The van der Waals surface area contributed by atoms with E-state index in [1.165, 1.54) is 0 Å². The first kappa shape index (κ1) is 9.96. The molecule has 1 unspecified atom stereocenters. The fourth-order valence-corrected chi connectivity index (χ4v) is 1.53. The first-order chi connectivity index (χ1) is 5.64. The third kappa shape index (κ3) is 3.09. The molecule has 1 aliphatic rings. The number of aliphatic hydroxyl groups is 1. The van der Waals surface area contributed by atoms with Gasteiger partial charge in [-0.1, -0.05) is 13.8 Å². The minimum Gasteiger partial charge on any atom is -0.396 e. The van der Waals surface area contributed by atoms with Gasteiger partial charge in [-0.05, 0) is 18.3 Å². The van der Waals surface area contributed by atoms with Gasteiger partial charge >= 0.3 is 0 Å². The van der Waals surface area contributed by atoms with Crippen LogP contribution in [0.2, 0.25) is 0 Å². The molecule has 1 fully saturated rings. The lowest BCUT2D eigenvalue weighted by molar-refractivity contribution is -0.278. The quantitative estimate of drug-likeness (QED) is 0.656. The van der Waals surface area contributed by atoms with Crippen LogP contribution >= 0.6 is 0 Å². The smallest absolute Gasteiger partial charge is 0.0958 e. The summed E-state index contributed by atoms with van der Waals surface area (Å²) in [6.45, 7) is 5.25. The molecule has 0 bridgehead atoms. The third-order valence-electron chi connectivity index (χ3n) is 2.30. The maximum Gasteiger partial charge on any atom is 0.0958 e. The molecule has 1 rings (SSSR count). The average Bonchev–Trinajstić information content (AvgIpc) is 2.38. The van der Waals surface area contributed by atoms with Crippen molar-refractivity contribution in [3.63, 3.8) is 0 Å². The summed E-state index contributed by atoms with van der Waals surface area (Å²) in [6, 6.07) is 0. The fraction of sp³-hybridized carbons (Fsp3) is 1.00. The number of rotatable bonds is 4. The molecule has 3 heteroatoms. The van der Waals surface area contributed by atoms with Crippen molar-refractivity contribution < 1.29 is 14.9 Å². The van der Waals surface area contributed by atoms with Crippen molar-refractivity contribution in [2.24, 2.45) is 5.41 Å². The van der Waals surface area contributed by atoms with Crippen LogP contribution in [-0.2, 0) is 9.78 Å². The number of hydrogen-bond donors (Lipinski definition) is 1. The van der Waals surface area contributed by atoms with Gasteiger partial charge in [0.25, 0.3) is 0 Å². The van der Waals surface area contributed by atoms with Crippen LogP contribution in [0.3, 0.4) is 0 Å². The number of hydrogen-bond acceptors (Lipinski definition) is 3. The summed E-state index contributed by atoms with van der Waals surface area (Å²) >= 11 is 0. The predicted octanol–water partition coefficient (Wildman–Crippen LogP) is 1.51. The molecule has 0 aliphatic carbocycles. The summed E-state index contributed by atoms with van der Waals surface area (Å²) in [5.74, 6) is 0. The highest BCUT2D eigenvalue weighted by molar-refractivity contribution is 4.74. The monoisotopic (exact) mass is 174 g/mol. The van der Waals surface area contributed by atoms with E-state index in [4.69, 9.17) is 14.9 Å². The van der Waals surface area contributed by atoms with E-state index < -0.39 is 0 Å². The van der Waals surface area contributed by atoms with Crippen LogP contribution in [0.15, 0.2) is 0 Å². The summed E-state index contributed by atoms with van der Waals surface area (Å²) in [5, 5.41) is 8.80. The van der Waals surface area contributed by atoms with Gasteiger partial charge in [0.15, 0.2) is 0 Å². The molecule has 0 amide bonds. The Balaban J connectivity index is 2.27. The highest BCUT2D eigenvalue weighted by Gasteiger charge is 2.26. The molecule has 0 spiro atoms. The van der Waals surface area contributed by atoms with Crippen LogP contribution in [-0.4, -0.2) is 24.4 Å². The molecule has 1 saturated heterocycles. The molecule has 72 valence electrons. The van der Waals surface area contributed by atoms with Gasteiger partial charge in [-0.2, -0.15) is 0 Å². The summed E-state index contributed by atoms with van der Waals surface area (Å²) in [5.41, 5.74) is 0.160. The van der Waals surface area contributed by atoms with Crippen molar-refractivity contribution >= 4 is 0 Å². The van der Waals surface area contributed by atoms with Gasteiger partial charge in [0.05, 0.1) is 12.7 Å². The summed E-state index contributed by atoms with van der Waals surface area (Å²) in [4.78, 5) is 9.87. The van der Waals surface area contributed by atoms with E-state index in [1.807, 2.05) is 0 Å². The minimum atomic E-state index is 0.160. The van der Waals surface area contributed by atoms with Crippen LogP contribution in [0.5, 0.6) is 0 Å². The second-order valence-corrected chi connectivity index (χ2v) is 4.17. The maximum absolute atomic E-state index is 8.80. The fourth-order valence-electron chi connectivity index (χ4n) is 1.53. The SMILES string of the molecule is CC(C)(CCO)CC1CCOO1. The minimum absolute atomic E-state index is 0.160. The highest BCUT2D eigenvalue weighted by atomic mass is 17.2. The molecule has 12 heavy (non-hydrogen) atoms. The van der Waals surface area contributed by atoms with Crippen molar-refractivity contribution in [1.82, 2.24) is 0 Å². The molecule has 3 nitrogen and oxygen atoms in total. The normalized spacial score (nSPS) is 24.8. The van der Waals surface area contributed by atoms with Gasteiger partial charge in [-0.3, -0.25) is 0 Å². The van der Waals surface area contributed by atoms with Crippen molar-refractivity contribution in [2.45, 2.75) is 39.2 Å². The van der Waals surface area contributed by atoms with E-state index in [-0.39, 0.29) is 18.1 Å². The molecule has 0 radical (unpaired) electrons. The zero-order valence-electron chi connectivity index (χ0n) is 7.88. The molecule has 0 aromatic carbocycles. The number of aliphatic hydroxyl groups excluding tert-OH is 1. The molecule has 1 aliphatic heterocycles. The standard InChI is InChI=1S/C9H18O3/c1-9(2,4-5-10)7-8-3-6-11-12-8/h8,10H,3-7H2,1-2H3. The van der Waals surface area contributed by atoms with E-state index in [0.717, 1.165) is 19.3 Å². The lowest BCUT2D eigenvalue weighted by atomic mass is 9.83. The molecule has 0 saturated carbocycles. The van der Waals surface area contributed by atoms with Gasteiger partial charge in [-0.25, -0.2) is 9.78 Å². The first-order valence-electron chi connectivity index (χ1n) is 4.53. The topological polar surface area (TPSA) is 38.7 Å². The van der Waals surface area contributed by atoms with Crippen molar-refractivity contribution in [2.75, 3.05) is 13.2 Å². The second kappa shape index (κ2) is 4.21. The van der Waals surface area contributed by atoms with Gasteiger partial charge in [-0.15, -0.1) is 0 Å². The van der Waals surface area contributed by atoms with E-state index in [2.05, 4.69) is 13.8 Å². The first-order valence-corrected chi connectivity index (χ1v) is 4.53. The Hall–Kier alpha value is -0.120. The summed E-state index contributed by atoms with van der Waals surface area (Å²) in [7, 11) is 0. The Morgan fingerprint density at radius 2 is 2.25 bits per heavy atom. The van der Waals surface area contributed by atoms with Crippen LogP contribution in [0.4, 0.5) is 0 Å². The van der Waals surface area contributed by atoms with Crippen LogP contribution < -0.4 is 0 Å². The molecule has 0 aromatic rings. The largest absolute Gasteiger partial charge is 0.396 e. The third-order valence-corrected chi connectivity index (χ3v) is 2.30. The van der Waals surface area contributed by atoms with Crippen LogP contribution in [0, 0.1) is 5.41 Å². The van der Waals surface area contributed by atoms with Crippen LogP contribution in [0.25, 0.3) is 0 Å². The van der Waals surface area contributed by atoms with Crippen molar-refractivity contribution in [3.05, 3.63) is 0 Å². The lowest BCUT2D eigenvalue weighted by Crippen LogP contribution is -2.21. The molecule has 1 N–H and O–H groups in total. The average molecular weight is 174 g/mol. The van der Waals surface area contributed by atoms with Crippen molar-refractivity contribution in [1.29, 1.82) is 0 Å². The van der Waals surface area contributed by atoms with Gasteiger partial charge < -0.3 is 5.11 Å². The highest BCUT2D eigenvalue weighted by Crippen LogP contribution is 2.30. The molecule has 1 heterocycles. The predicted molar refractivity (Wildman–Crippen MR) is 45.5 cm³/mol. The van der Waals surface area contributed by atoms with E-state index >= 15 is 0 Å². The molecular formula is C9H18O3. The van der Waals surface area contributed by atoms with Crippen molar-refractivity contribution in [3.8, 4) is 0 Å². The van der Waals surface area contributed by atoms with E-state index in [9.17, 15) is 0 Å². The Morgan fingerprint density at radius 1 is 1.50 bits per heavy atom. The molecule has 1 atom stereocenters. The Kier molecular flexibility index (Phi) is 3.50. The van der Waals surface area contributed by atoms with E-state index in [0.29, 0.717) is 6.61 Å². The van der Waals surface area contributed by atoms with E-state index in [1.54, 1.807) is 0 Å². The Morgan fingerprint density at radius 3 is 2.75 bits per heavy atom. The maximum atomic E-state index is 8.80. The zero-order valence-corrected chi connectivity index (χ0v) is 7.88. The lowest BCUT2D eigenvalue weighted by Gasteiger charge is -2.25. The van der Waals surface area contributed by atoms with Gasteiger partial charge in [0.2, 0.25) is 0 Å². The molecule has 0 aromatic heterocycles. The second-order valence-electron chi connectivity index (χ2n) is 4.17. The molecular weight excluding hydrogens is 156 g/mol. The summed E-state index contributed by atoms with van der Waals surface area (Å²) in [6.07, 6.45) is 3.00. The zero-order chi connectivity index (χ0) is 9.03. The van der Waals surface area contributed by atoms with Gasteiger partial charge in [0, 0.05) is 13.0 Å². The Labute approximate surface area is 73.6 Å².